The van der Waals surface area contributed by atoms with Crippen LogP contribution in [0.25, 0.3) is 5.69 Å². The molecule has 1 aromatic carbocycles. The van der Waals surface area contributed by atoms with Crippen molar-refractivity contribution in [2.75, 3.05) is 13.1 Å². The van der Waals surface area contributed by atoms with Gasteiger partial charge in [0.05, 0.1) is 11.4 Å². The highest BCUT2D eigenvalue weighted by Gasteiger charge is 2.04. The summed E-state index contributed by atoms with van der Waals surface area (Å²) in [6.45, 7) is 1.29. The van der Waals surface area contributed by atoms with Gasteiger partial charge in [0.25, 0.3) is 0 Å². The van der Waals surface area contributed by atoms with Crippen LogP contribution in [-0.4, -0.2) is 28.8 Å². The van der Waals surface area contributed by atoms with E-state index in [9.17, 15) is 9.18 Å². The number of amides is 1. The summed E-state index contributed by atoms with van der Waals surface area (Å²) in [4.78, 5) is 11.7. The number of halogens is 1. The SMILES string of the molecule is NCCCCCCC(=O)NCCc1ccn(-c2ccc(F)cc2)n1. The molecule has 130 valence electrons. The molecule has 1 heterocycles. The van der Waals surface area contributed by atoms with Crippen LogP contribution in [0.1, 0.15) is 37.8 Å². The zero-order valence-electron chi connectivity index (χ0n) is 13.9. The second-order valence-electron chi connectivity index (χ2n) is 5.78. The number of hydrogen-bond donors (Lipinski definition) is 2. The number of carbonyl (C=O) groups is 1. The normalized spacial score (nSPS) is 10.8. The summed E-state index contributed by atoms with van der Waals surface area (Å²) in [5.74, 6) is -0.183. The fourth-order valence-corrected chi connectivity index (χ4v) is 2.43. The Labute approximate surface area is 142 Å². The van der Waals surface area contributed by atoms with Gasteiger partial charge >= 0.3 is 0 Å². The van der Waals surface area contributed by atoms with Crippen LogP contribution in [0.2, 0.25) is 0 Å². The van der Waals surface area contributed by atoms with E-state index >= 15 is 0 Å². The second-order valence-corrected chi connectivity index (χ2v) is 5.78. The molecule has 0 spiro atoms. The lowest BCUT2D eigenvalue weighted by Crippen LogP contribution is -2.25. The van der Waals surface area contributed by atoms with Crippen molar-refractivity contribution < 1.29 is 9.18 Å². The van der Waals surface area contributed by atoms with Crippen molar-refractivity contribution >= 4 is 5.91 Å². The molecule has 5 nitrogen and oxygen atoms in total. The topological polar surface area (TPSA) is 72.9 Å². The van der Waals surface area contributed by atoms with E-state index in [1.165, 1.54) is 12.1 Å². The first-order valence-electron chi connectivity index (χ1n) is 8.46. The number of nitrogens with two attached hydrogens (primary N) is 1. The van der Waals surface area contributed by atoms with Crippen molar-refractivity contribution in [2.24, 2.45) is 5.73 Å². The van der Waals surface area contributed by atoms with Crippen molar-refractivity contribution in [1.29, 1.82) is 0 Å². The average Bonchev–Trinajstić information content (AvgIpc) is 3.04. The van der Waals surface area contributed by atoms with Gasteiger partial charge in [-0.15, -0.1) is 0 Å². The quantitative estimate of drug-likeness (QED) is 0.657. The van der Waals surface area contributed by atoms with E-state index in [0.29, 0.717) is 19.4 Å². The molecular formula is C18H25FN4O. The molecule has 0 fully saturated rings. The molecule has 1 aromatic heterocycles. The van der Waals surface area contributed by atoms with Crippen molar-refractivity contribution in [3.05, 3.63) is 48.0 Å². The standard InChI is InChI=1S/C18H25FN4O/c19-15-6-8-17(9-7-15)23-14-11-16(22-23)10-13-21-18(24)5-3-1-2-4-12-20/h6-9,11,14H,1-5,10,12-13,20H2,(H,21,24). The number of nitrogens with zero attached hydrogens (tertiary/aromatic N) is 2. The van der Waals surface area contributed by atoms with Gasteiger partial charge < -0.3 is 11.1 Å². The van der Waals surface area contributed by atoms with Crippen molar-refractivity contribution in [2.45, 2.75) is 38.5 Å². The number of aromatic nitrogens is 2. The number of hydrogen-bond acceptors (Lipinski definition) is 3. The Bertz CT molecular complexity index is 624. The fourth-order valence-electron chi connectivity index (χ4n) is 2.43. The third-order valence-electron chi connectivity index (χ3n) is 3.80. The number of rotatable bonds is 10. The van der Waals surface area contributed by atoms with Crippen LogP contribution in [0.15, 0.2) is 36.5 Å². The van der Waals surface area contributed by atoms with E-state index in [1.54, 1.807) is 16.8 Å². The maximum Gasteiger partial charge on any atom is 0.220 e. The summed E-state index contributed by atoms with van der Waals surface area (Å²) in [6.07, 6.45) is 7.14. The molecule has 0 radical (unpaired) electrons. The van der Waals surface area contributed by atoms with E-state index in [4.69, 9.17) is 5.73 Å². The summed E-state index contributed by atoms with van der Waals surface area (Å²) >= 11 is 0. The lowest BCUT2D eigenvalue weighted by atomic mass is 10.1. The van der Waals surface area contributed by atoms with Gasteiger partial charge in [-0.25, -0.2) is 9.07 Å². The maximum absolute atomic E-state index is 12.9. The number of unbranched alkanes of at least 4 members (excludes halogenated alkanes) is 3. The fraction of sp³-hybridized carbons (Fsp3) is 0.444. The molecule has 0 aliphatic rings. The predicted octanol–water partition coefficient (Wildman–Crippen LogP) is 2.58. The van der Waals surface area contributed by atoms with Gasteiger partial charge in [-0.05, 0) is 49.7 Å². The molecule has 0 saturated carbocycles. The largest absolute Gasteiger partial charge is 0.356 e. The molecule has 0 saturated heterocycles. The van der Waals surface area contributed by atoms with Gasteiger partial charge in [0.15, 0.2) is 0 Å². The summed E-state index contributed by atoms with van der Waals surface area (Å²) in [7, 11) is 0. The van der Waals surface area contributed by atoms with Crippen LogP contribution >= 0.6 is 0 Å². The third kappa shape index (κ3) is 6.12. The average molecular weight is 332 g/mol. The Balaban J connectivity index is 1.68. The van der Waals surface area contributed by atoms with Crippen LogP contribution < -0.4 is 11.1 Å². The molecule has 24 heavy (non-hydrogen) atoms. The molecule has 0 aliphatic heterocycles. The van der Waals surface area contributed by atoms with Gasteiger partial charge in [-0.1, -0.05) is 12.8 Å². The van der Waals surface area contributed by atoms with Crippen molar-refractivity contribution in [1.82, 2.24) is 15.1 Å². The highest BCUT2D eigenvalue weighted by molar-refractivity contribution is 5.75. The zero-order chi connectivity index (χ0) is 17.2. The van der Waals surface area contributed by atoms with Gasteiger partial charge in [0.2, 0.25) is 5.91 Å². The minimum atomic E-state index is -0.267. The van der Waals surface area contributed by atoms with Gasteiger partial charge in [0, 0.05) is 25.6 Å². The number of nitrogens with one attached hydrogen (secondary N) is 1. The molecule has 0 bridgehead atoms. The molecule has 2 rings (SSSR count). The second kappa shape index (κ2) is 9.82. The van der Waals surface area contributed by atoms with Crippen LogP contribution in [0.4, 0.5) is 4.39 Å². The highest BCUT2D eigenvalue weighted by Crippen LogP contribution is 2.09. The minimum Gasteiger partial charge on any atom is -0.356 e. The summed E-state index contributed by atoms with van der Waals surface area (Å²) < 4.78 is 14.6. The van der Waals surface area contributed by atoms with E-state index in [-0.39, 0.29) is 11.7 Å². The molecule has 1 amide bonds. The van der Waals surface area contributed by atoms with Crippen LogP contribution in [0.5, 0.6) is 0 Å². The Morgan fingerprint density at radius 1 is 1.12 bits per heavy atom. The first-order valence-corrected chi connectivity index (χ1v) is 8.46. The summed E-state index contributed by atoms with van der Waals surface area (Å²) in [5.41, 5.74) is 7.13. The Hall–Kier alpha value is -2.21. The zero-order valence-corrected chi connectivity index (χ0v) is 13.9. The lowest BCUT2D eigenvalue weighted by Gasteiger charge is -2.04. The lowest BCUT2D eigenvalue weighted by molar-refractivity contribution is -0.121. The minimum absolute atomic E-state index is 0.0840. The highest BCUT2D eigenvalue weighted by atomic mass is 19.1. The molecule has 0 atom stereocenters. The van der Waals surface area contributed by atoms with Gasteiger partial charge in [0.1, 0.15) is 5.82 Å². The molecule has 0 unspecified atom stereocenters. The predicted molar refractivity (Wildman–Crippen MR) is 92.4 cm³/mol. The van der Waals surface area contributed by atoms with Crippen LogP contribution in [0, 0.1) is 5.82 Å². The van der Waals surface area contributed by atoms with E-state index in [1.807, 2.05) is 12.3 Å². The molecule has 6 heteroatoms. The Kier molecular flexibility index (Phi) is 7.42. The van der Waals surface area contributed by atoms with Gasteiger partial charge in [-0.3, -0.25) is 4.79 Å². The first-order chi connectivity index (χ1) is 11.7. The Morgan fingerprint density at radius 3 is 2.62 bits per heavy atom. The van der Waals surface area contributed by atoms with Crippen LogP contribution in [0.3, 0.4) is 0 Å². The van der Waals surface area contributed by atoms with E-state index < -0.39 is 0 Å². The van der Waals surface area contributed by atoms with Crippen molar-refractivity contribution in [3.8, 4) is 5.69 Å². The summed E-state index contributed by atoms with van der Waals surface area (Å²) in [6, 6.07) is 8.08. The van der Waals surface area contributed by atoms with Crippen LogP contribution in [-0.2, 0) is 11.2 Å². The monoisotopic (exact) mass is 332 g/mol. The number of benzene rings is 1. The number of carbonyl (C=O) groups excluding carboxylic acids is 1. The van der Waals surface area contributed by atoms with Gasteiger partial charge in [-0.2, -0.15) is 5.10 Å². The molecular weight excluding hydrogens is 307 g/mol. The smallest absolute Gasteiger partial charge is 0.220 e. The molecule has 2 aromatic rings. The third-order valence-corrected chi connectivity index (χ3v) is 3.80. The van der Waals surface area contributed by atoms with E-state index in [2.05, 4.69) is 10.4 Å². The first kappa shape index (κ1) is 18.1. The maximum atomic E-state index is 12.9. The Morgan fingerprint density at radius 2 is 1.88 bits per heavy atom. The van der Waals surface area contributed by atoms with Crippen molar-refractivity contribution in [3.63, 3.8) is 0 Å². The molecule has 0 aliphatic carbocycles. The van der Waals surface area contributed by atoms with E-state index in [0.717, 1.165) is 43.6 Å². The molecule has 3 N–H and O–H groups in total. The summed E-state index contributed by atoms with van der Waals surface area (Å²) in [5, 5.41) is 7.35.